The van der Waals surface area contributed by atoms with Crippen LogP contribution in [0.1, 0.15) is 68.6 Å². The zero-order valence-electron chi connectivity index (χ0n) is 22.8. The first-order valence-corrected chi connectivity index (χ1v) is 14.3. The molecule has 0 spiro atoms. The monoisotopic (exact) mass is 561 g/mol. The first-order valence-electron chi connectivity index (χ1n) is 13.1. The van der Waals surface area contributed by atoms with Gasteiger partial charge in [0.25, 0.3) is 11.8 Å². The molecule has 2 amide bonds. The second kappa shape index (κ2) is 10.5. The Bertz CT molecular complexity index is 1580. The molecule has 5 rings (SSSR count). The largest absolute Gasteiger partial charge is 0.462 e. The van der Waals surface area contributed by atoms with Crippen molar-refractivity contribution in [3.8, 4) is 5.00 Å². The van der Waals surface area contributed by atoms with Crippen LogP contribution < -0.4 is 10.2 Å². The Morgan fingerprint density at radius 1 is 1.15 bits per heavy atom. The minimum Gasteiger partial charge on any atom is -0.462 e. The highest BCUT2D eigenvalue weighted by Gasteiger charge is 2.36. The average Bonchev–Trinajstić information content (AvgIpc) is 3.40. The van der Waals surface area contributed by atoms with E-state index < -0.39 is 11.8 Å². The van der Waals surface area contributed by atoms with E-state index in [2.05, 4.69) is 5.32 Å². The summed E-state index contributed by atoms with van der Waals surface area (Å²) in [5.41, 5.74) is 6.75. The highest BCUT2D eigenvalue weighted by atomic mass is 32.1. The van der Waals surface area contributed by atoms with Crippen molar-refractivity contribution in [2.75, 3.05) is 11.5 Å². The molecule has 2 aromatic heterocycles. The quantitative estimate of drug-likeness (QED) is 0.188. The van der Waals surface area contributed by atoms with Crippen molar-refractivity contribution in [1.82, 2.24) is 9.88 Å². The fourth-order valence-corrected chi connectivity index (χ4v) is 7.14. The fourth-order valence-electron chi connectivity index (χ4n) is 5.38. The smallest absolute Gasteiger partial charge is 0.341 e. The van der Waals surface area contributed by atoms with Crippen LogP contribution in [0.2, 0.25) is 0 Å². The third-order valence-corrected chi connectivity index (χ3v) is 9.09. The molecular weight excluding hydrogens is 530 g/mol. The van der Waals surface area contributed by atoms with Gasteiger partial charge in [0.2, 0.25) is 0 Å². The number of thiocarbonyl (C=S) groups is 1. The van der Waals surface area contributed by atoms with Crippen LogP contribution in [0.5, 0.6) is 0 Å². The minimum absolute atomic E-state index is 0.000784. The van der Waals surface area contributed by atoms with Gasteiger partial charge < -0.3 is 9.30 Å². The second-order valence-electron chi connectivity index (χ2n) is 9.95. The van der Waals surface area contributed by atoms with Crippen LogP contribution in [-0.2, 0) is 27.2 Å². The Balaban J connectivity index is 1.60. The van der Waals surface area contributed by atoms with Crippen molar-refractivity contribution in [2.45, 2.75) is 60.3 Å². The maximum atomic E-state index is 13.7. The highest BCUT2D eigenvalue weighted by molar-refractivity contribution is 7.80. The molecule has 2 aliphatic rings. The number of hydrogen-bond acceptors (Lipinski definition) is 6. The predicted octanol–water partition coefficient (Wildman–Crippen LogP) is 5.66. The lowest BCUT2D eigenvalue weighted by molar-refractivity contribution is -0.122. The van der Waals surface area contributed by atoms with E-state index in [0.717, 1.165) is 64.3 Å². The van der Waals surface area contributed by atoms with Gasteiger partial charge in [0.15, 0.2) is 5.11 Å². The van der Waals surface area contributed by atoms with Crippen molar-refractivity contribution in [1.29, 1.82) is 0 Å². The lowest BCUT2D eigenvalue weighted by Gasteiger charge is -2.30. The zero-order valence-corrected chi connectivity index (χ0v) is 24.4. The first-order chi connectivity index (χ1) is 18.6. The lowest BCUT2D eigenvalue weighted by atomic mass is 9.95. The number of fused-ring (bicyclic) bond motifs is 1. The molecule has 1 aliphatic heterocycles. The second-order valence-corrected chi connectivity index (χ2v) is 11.4. The summed E-state index contributed by atoms with van der Waals surface area (Å²) in [6.07, 6.45) is 5.58. The molecule has 1 saturated heterocycles. The van der Waals surface area contributed by atoms with Crippen LogP contribution in [-0.4, -0.2) is 34.1 Å². The maximum absolute atomic E-state index is 13.7. The number of anilines is 1. The van der Waals surface area contributed by atoms with Crippen molar-refractivity contribution in [2.24, 2.45) is 0 Å². The van der Waals surface area contributed by atoms with Gasteiger partial charge in [-0.2, -0.15) is 0 Å². The number of aromatic nitrogens is 1. The lowest BCUT2D eigenvalue weighted by Crippen LogP contribution is -2.54. The van der Waals surface area contributed by atoms with E-state index in [4.69, 9.17) is 17.0 Å². The molecule has 0 saturated carbocycles. The number of carbonyl (C=O) groups excluding carboxylic acids is 3. The number of ether oxygens (including phenoxy) is 1. The van der Waals surface area contributed by atoms with E-state index in [1.807, 2.05) is 63.5 Å². The maximum Gasteiger partial charge on any atom is 0.341 e. The number of benzene rings is 1. The Hall–Kier alpha value is -3.56. The van der Waals surface area contributed by atoms with E-state index in [9.17, 15) is 14.4 Å². The zero-order chi connectivity index (χ0) is 28.0. The van der Waals surface area contributed by atoms with E-state index >= 15 is 0 Å². The summed E-state index contributed by atoms with van der Waals surface area (Å²) in [5, 5.41) is 3.57. The standard InChI is InChI=1S/C30H31N3O4S2/c1-6-37-29(36)25-21-11-7-8-13-24(21)39-28(25)32-17(3)14-20(19(32)5)15-22-26(34)31-30(38)33(27(22)35)23-12-9-10-16(2)18(23)4/h9-10,12,14-15H,6-8,11,13H2,1-5H3,(H,31,34,38)/b22-15+. The van der Waals surface area contributed by atoms with Crippen LogP contribution >= 0.6 is 23.6 Å². The van der Waals surface area contributed by atoms with Gasteiger partial charge >= 0.3 is 5.97 Å². The van der Waals surface area contributed by atoms with Crippen molar-refractivity contribution in [3.05, 3.63) is 73.9 Å². The van der Waals surface area contributed by atoms with Crippen LogP contribution in [0.4, 0.5) is 5.69 Å². The van der Waals surface area contributed by atoms with Crippen molar-refractivity contribution >= 4 is 58.2 Å². The molecule has 0 bridgehead atoms. The van der Waals surface area contributed by atoms with Gasteiger partial charge in [0.05, 0.1) is 17.9 Å². The van der Waals surface area contributed by atoms with Crippen molar-refractivity contribution in [3.63, 3.8) is 0 Å². The number of nitrogens with zero attached hydrogens (tertiary/aromatic N) is 2. The van der Waals surface area contributed by atoms with E-state index in [0.29, 0.717) is 17.9 Å². The Morgan fingerprint density at radius 2 is 1.90 bits per heavy atom. The number of carbonyl (C=O) groups is 3. The number of esters is 1. The minimum atomic E-state index is -0.532. The van der Waals surface area contributed by atoms with Gasteiger partial charge in [-0.15, -0.1) is 11.3 Å². The van der Waals surface area contributed by atoms with E-state index in [-0.39, 0.29) is 16.7 Å². The van der Waals surface area contributed by atoms with Gasteiger partial charge in [-0.3, -0.25) is 19.8 Å². The highest BCUT2D eigenvalue weighted by Crippen LogP contribution is 2.39. The molecule has 3 heterocycles. The van der Waals surface area contributed by atoms with Gasteiger partial charge in [-0.25, -0.2) is 4.79 Å². The van der Waals surface area contributed by atoms with E-state index in [1.165, 1.54) is 9.78 Å². The summed E-state index contributed by atoms with van der Waals surface area (Å²) >= 11 is 7.03. The van der Waals surface area contributed by atoms with Gasteiger partial charge in [-0.1, -0.05) is 12.1 Å². The number of aryl methyl sites for hydroxylation is 3. The fraction of sp³-hybridized carbons (Fsp3) is 0.333. The molecule has 1 aliphatic carbocycles. The number of amides is 2. The van der Waals surface area contributed by atoms with Gasteiger partial charge in [0.1, 0.15) is 10.6 Å². The third kappa shape index (κ3) is 4.63. The summed E-state index contributed by atoms with van der Waals surface area (Å²) in [6, 6.07) is 7.59. The molecule has 1 N–H and O–H groups in total. The van der Waals surface area contributed by atoms with Crippen molar-refractivity contribution < 1.29 is 19.1 Å². The Labute approximate surface area is 237 Å². The number of rotatable bonds is 5. The Morgan fingerprint density at radius 3 is 2.64 bits per heavy atom. The molecular formula is C30H31N3O4S2. The summed E-state index contributed by atoms with van der Waals surface area (Å²) < 4.78 is 7.50. The normalized spacial score (nSPS) is 16.5. The summed E-state index contributed by atoms with van der Waals surface area (Å²) in [4.78, 5) is 42.4. The van der Waals surface area contributed by atoms with Crippen LogP contribution in [0.25, 0.3) is 11.1 Å². The summed E-state index contributed by atoms with van der Waals surface area (Å²) in [6.45, 7) is 9.91. The third-order valence-electron chi connectivity index (χ3n) is 7.52. The Kier molecular flexibility index (Phi) is 7.31. The number of thiophene rings is 1. The molecule has 0 unspecified atom stereocenters. The van der Waals surface area contributed by atoms with E-state index in [1.54, 1.807) is 17.4 Å². The molecule has 39 heavy (non-hydrogen) atoms. The molecule has 1 fully saturated rings. The van der Waals surface area contributed by atoms with Crippen LogP contribution in [0.15, 0.2) is 29.8 Å². The number of hydrogen-bond donors (Lipinski definition) is 1. The predicted molar refractivity (Wildman–Crippen MR) is 158 cm³/mol. The molecule has 0 radical (unpaired) electrons. The van der Waals surface area contributed by atoms with Crippen LogP contribution in [0.3, 0.4) is 0 Å². The molecule has 202 valence electrons. The number of nitrogens with one attached hydrogen (secondary N) is 1. The van der Waals surface area contributed by atoms with Crippen LogP contribution in [0, 0.1) is 27.7 Å². The first kappa shape index (κ1) is 27.0. The molecule has 1 aromatic carbocycles. The molecule has 3 aromatic rings. The summed E-state index contributed by atoms with van der Waals surface area (Å²) in [7, 11) is 0. The molecule has 7 nitrogen and oxygen atoms in total. The topological polar surface area (TPSA) is 80.6 Å². The van der Waals surface area contributed by atoms with Gasteiger partial charge in [-0.05, 0) is 113 Å². The molecule has 0 atom stereocenters. The SMILES string of the molecule is CCOC(=O)c1c(-n2c(C)cc(/C=C3\C(=O)NC(=S)N(c4cccc(C)c4C)C3=O)c2C)sc2c1CCCC2. The average molecular weight is 562 g/mol. The molecule has 9 heteroatoms. The van der Waals surface area contributed by atoms with Gasteiger partial charge in [0, 0.05) is 16.3 Å². The summed E-state index contributed by atoms with van der Waals surface area (Å²) in [5.74, 6) is -1.31.